The minimum atomic E-state index is -4.70. The number of fused-ring (bicyclic) bond motifs is 1. The number of hydrogen-bond donors (Lipinski definition) is 1. The Balaban J connectivity index is 1.94. The van der Waals surface area contributed by atoms with Crippen molar-refractivity contribution in [1.82, 2.24) is 5.32 Å². The average molecular weight is 293 g/mol. The quantitative estimate of drug-likeness (QED) is 0.920. The number of carbonyl (C=O) groups is 1. The van der Waals surface area contributed by atoms with Crippen LogP contribution < -0.4 is 10.1 Å². The second-order valence-corrected chi connectivity index (χ2v) is 4.59. The molecule has 1 N–H and O–H groups in total. The van der Waals surface area contributed by atoms with Gasteiger partial charge in [-0.3, -0.25) is 4.79 Å². The Bertz CT molecular complexity index is 693. The monoisotopic (exact) mass is 293 g/mol. The lowest BCUT2D eigenvalue weighted by Gasteiger charge is -2.10. The number of hydrogen-bond acceptors (Lipinski definition) is 2. The Kier molecular flexibility index (Phi) is 3.08. The van der Waals surface area contributed by atoms with Crippen LogP contribution in [0.3, 0.4) is 0 Å². The molecule has 0 aliphatic carbocycles. The second-order valence-electron chi connectivity index (χ2n) is 4.59. The van der Waals surface area contributed by atoms with Gasteiger partial charge in [0.1, 0.15) is 5.75 Å². The van der Waals surface area contributed by atoms with Gasteiger partial charge >= 0.3 is 6.36 Å². The number of benzene rings is 2. The number of rotatable bonds is 2. The molecule has 0 spiro atoms. The fraction of sp³-hybridized carbons (Fsp3) is 0.133. The minimum Gasteiger partial charge on any atom is -0.406 e. The molecule has 3 rings (SSSR count). The maximum Gasteiger partial charge on any atom is 0.573 e. The van der Waals surface area contributed by atoms with Crippen molar-refractivity contribution in [3.8, 4) is 16.9 Å². The molecule has 1 heterocycles. The third kappa shape index (κ3) is 2.69. The molecule has 1 aliphatic rings. The van der Waals surface area contributed by atoms with Gasteiger partial charge in [0.25, 0.3) is 5.91 Å². The maximum atomic E-state index is 12.1. The molecule has 0 saturated carbocycles. The summed E-state index contributed by atoms with van der Waals surface area (Å²) in [6.45, 7) is 0.422. The first-order valence-electron chi connectivity index (χ1n) is 6.20. The highest BCUT2D eigenvalue weighted by atomic mass is 19.4. The molecule has 0 saturated heterocycles. The van der Waals surface area contributed by atoms with E-state index in [1.54, 1.807) is 24.3 Å². The van der Waals surface area contributed by atoms with Crippen molar-refractivity contribution >= 4 is 5.91 Å². The normalized spacial score (nSPS) is 13.8. The van der Waals surface area contributed by atoms with Crippen molar-refractivity contribution in [2.24, 2.45) is 0 Å². The third-order valence-electron chi connectivity index (χ3n) is 3.25. The first-order valence-corrected chi connectivity index (χ1v) is 6.20. The Morgan fingerprint density at radius 3 is 2.33 bits per heavy atom. The molecule has 108 valence electrons. The van der Waals surface area contributed by atoms with Crippen LogP contribution in [0.1, 0.15) is 15.9 Å². The molecule has 0 atom stereocenters. The summed E-state index contributed by atoms with van der Waals surface area (Å²) in [5.41, 5.74) is 3.01. The fourth-order valence-corrected chi connectivity index (χ4v) is 2.36. The van der Waals surface area contributed by atoms with E-state index in [-0.39, 0.29) is 11.7 Å². The van der Waals surface area contributed by atoms with E-state index in [4.69, 9.17) is 0 Å². The van der Waals surface area contributed by atoms with Gasteiger partial charge in [-0.1, -0.05) is 24.3 Å². The molecule has 0 bridgehead atoms. The van der Waals surface area contributed by atoms with Crippen LogP contribution in [0.5, 0.6) is 5.75 Å². The molecule has 0 unspecified atom stereocenters. The molecular weight excluding hydrogens is 283 g/mol. The van der Waals surface area contributed by atoms with Crippen LogP contribution in [0.25, 0.3) is 11.1 Å². The minimum absolute atomic E-state index is 0.135. The van der Waals surface area contributed by atoms with E-state index < -0.39 is 6.36 Å². The van der Waals surface area contributed by atoms with Crippen molar-refractivity contribution in [2.75, 3.05) is 0 Å². The standard InChI is InChI=1S/C15H10F3NO2/c16-15(17,18)21-10-6-4-9(5-7-10)11-2-1-3-12-13(11)8-19-14(12)20/h1-7H,8H2,(H,19,20). The van der Waals surface area contributed by atoms with Gasteiger partial charge in [0.15, 0.2) is 0 Å². The van der Waals surface area contributed by atoms with Gasteiger partial charge in [0.05, 0.1) is 0 Å². The highest BCUT2D eigenvalue weighted by Crippen LogP contribution is 2.31. The van der Waals surface area contributed by atoms with Gasteiger partial charge in [0.2, 0.25) is 0 Å². The van der Waals surface area contributed by atoms with E-state index in [2.05, 4.69) is 10.1 Å². The van der Waals surface area contributed by atoms with Gasteiger partial charge in [-0.05, 0) is 34.9 Å². The van der Waals surface area contributed by atoms with Gasteiger partial charge in [-0.2, -0.15) is 0 Å². The number of nitrogens with one attached hydrogen (secondary N) is 1. The average Bonchev–Trinajstić information content (AvgIpc) is 2.80. The van der Waals surface area contributed by atoms with Crippen LogP contribution in [0, 0.1) is 0 Å². The highest BCUT2D eigenvalue weighted by Gasteiger charge is 2.31. The number of carbonyl (C=O) groups excluding carboxylic acids is 1. The largest absolute Gasteiger partial charge is 0.573 e. The molecule has 0 fully saturated rings. The molecule has 0 radical (unpaired) electrons. The zero-order chi connectivity index (χ0) is 15.0. The van der Waals surface area contributed by atoms with E-state index in [0.29, 0.717) is 12.1 Å². The Labute approximate surface area is 118 Å². The summed E-state index contributed by atoms with van der Waals surface area (Å²) >= 11 is 0. The summed E-state index contributed by atoms with van der Waals surface area (Å²) < 4.78 is 40.2. The molecule has 1 amide bonds. The smallest absolute Gasteiger partial charge is 0.406 e. The molecule has 2 aromatic rings. The zero-order valence-electron chi connectivity index (χ0n) is 10.7. The van der Waals surface area contributed by atoms with Gasteiger partial charge < -0.3 is 10.1 Å². The molecule has 2 aromatic carbocycles. The lowest BCUT2D eigenvalue weighted by Crippen LogP contribution is -2.16. The van der Waals surface area contributed by atoms with Gasteiger partial charge in [-0.15, -0.1) is 13.2 Å². The first-order chi connectivity index (χ1) is 9.94. The summed E-state index contributed by atoms with van der Waals surface area (Å²) in [4.78, 5) is 11.6. The Morgan fingerprint density at radius 1 is 1.00 bits per heavy atom. The zero-order valence-corrected chi connectivity index (χ0v) is 10.7. The van der Waals surface area contributed by atoms with Crippen molar-refractivity contribution in [2.45, 2.75) is 12.9 Å². The first kappa shape index (κ1) is 13.5. The van der Waals surface area contributed by atoms with Crippen LogP contribution in [0.2, 0.25) is 0 Å². The lowest BCUT2D eigenvalue weighted by molar-refractivity contribution is -0.274. The van der Waals surface area contributed by atoms with Crippen LogP contribution in [-0.2, 0) is 6.54 Å². The number of alkyl halides is 3. The van der Waals surface area contributed by atoms with Gasteiger partial charge in [0, 0.05) is 12.1 Å². The van der Waals surface area contributed by atoms with Gasteiger partial charge in [-0.25, -0.2) is 0 Å². The summed E-state index contributed by atoms with van der Waals surface area (Å²) in [7, 11) is 0. The van der Waals surface area contributed by atoms with Crippen molar-refractivity contribution < 1.29 is 22.7 Å². The van der Waals surface area contributed by atoms with Crippen molar-refractivity contribution in [3.05, 3.63) is 53.6 Å². The number of amides is 1. The van der Waals surface area contributed by atoms with E-state index in [9.17, 15) is 18.0 Å². The maximum absolute atomic E-state index is 12.1. The topological polar surface area (TPSA) is 38.3 Å². The molecular formula is C15H10F3NO2. The molecule has 1 aliphatic heterocycles. The third-order valence-corrected chi connectivity index (χ3v) is 3.25. The van der Waals surface area contributed by atoms with E-state index in [1.807, 2.05) is 6.07 Å². The van der Waals surface area contributed by atoms with Crippen LogP contribution in [0.4, 0.5) is 13.2 Å². The lowest BCUT2D eigenvalue weighted by atomic mass is 9.97. The Morgan fingerprint density at radius 2 is 1.67 bits per heavy atom. The SMILES string of the molecule is O=C1NCc2c1cccc2-c1ccc(OC(F)(F)F)cc1. The number of ether oxygens (including phenoxy) is 1. The van der Waals surface area contributed by atoms with Crippen LogP contribution in [0.15, 0.2) is 42.5 Å². The van der Waals surface area contributed by atoms with E-state index in [0.717, 1.165) is 16.7 Å². The second kappa shape index (κ2) is 4.80. The fourth-order valence-electron chi connectivity index (χ4n) is 2.36. The highest BCUT2D eigenvalue weighted by molar-refractivity contribution is 6.00. The number of halogens is 3. The molecule has 6 heteroatoms. The van der Waals surface area contributed by atoms with Crippen molar-refractivity contribution in [1.29, 1.82) is 0 Å². The summed E-state index contributed by atoms with van der Waals surface area (Å²) in [6.07, 6.45) is -4.70. The van der Waals surface area contributed by atoms with Crippen LogP contribution >= 0.6 is 0 Å². The predicted molar refractivity (Wildman–Crippen MR) is 69.7 cm³/mol. The summed E-state index contributed by atoms with van der Waals surface area (Å²) in [6, 6.07) is 10.9. The molecule has 0 aromatic heterocycles. The van der Waals surface area contributed by atoms with E-state index >= 15 is 0 Å². The van der Waals surface area contributed by atoms with E-state index in [1.165, 1.54) is 12.1 Å². The molecule has 3 nitrogen and oxygen atoms in total. The van der Waals surface area contributed by atoms with Crippen molar-refractivity contribution in [3.63, 3.8) is 0 Å². The summed E-state index contributed by atoms with van der Waals surface area (Å²) in [5, 5.41) is 2.73. The predicted octanol–water partition coefficient (Wildman–Crippen LogP) is 3.50. The van der Waals surface area contributed by atoms with Crippen LogP contribution in [-0.4, -0.2) is 12.3 Å². The molecule has 21 heavy (non-hydrogen) atoms. The summed E-state index contributed by atoms with van der Waals surface area (Å²) in [5.74, 6) is -0.406. The Hall–Kier alpha value is -2.50.